The van der Waals surface area contributed by atoms with Crippen molar-refractivity contribution in [3.8, 4) is 11.5 Å². The van der Waals surface area contributed by atoms with Gasteiger partial charge in [0, 0.05) is 24.1 Å². The fourth-order valence-corrected chi connectivity index (χ4v) is 2.88. The molecule has 2 aromatic carbocycles. The first-order valence-electron chi connectivity index (χ1n) is 7.45. The molecule has 0 bridgehead atoms. The zero-order valence-electron chi connectivity index (χ0n) is 13.2. The number of fused-ring (bicyclic) bond motifs is 1. The first-order chi connectivity index (χ1) is 11.2. The van der Waals surface area contributed by atoms with Gasteiger partial charge in [0.05, 0.1) is 0 Å². The van der Waals surface area contributed by atoms with Gasteiger partial charge in [0.25, 0.3) is 5.91 Å². The highest BCUT2D eigenvalue weighted by molar-refractivity contribution is 7.98. The van der Waals surface area contributed by atoms with Gasteiger partial charge in [-0.3, -0.25) is 4.79 Å². The Bertz CT molecular complexity index is 700. The van der Waals surface area contributed by atoms with E-state index in [2.05, 4.69) is 24.3 Å². The third kappa shape index (κ3) is 3.62. The molecule has 3 rings (SSSR count). The molecule has 0 radical (unpaired) electrons. The molecular formula is C18H19NO3S. The first-order valence-corrected chi connectivity index (χ1v) is 8.68. The van der Waals surface area contributed by atoms with Crippen LogP contribution in [-0.4, -0.2) is 37.3 Å². The molecule has 0 unspecified atom stereocenters. The van der Waals surface area contributed by atoms with E-state index in [-0.39, 0.29) is 5.91 Å². The summed E-state index contributed by atoms with van der Waals surface area (Å²) in [5.41, 5.74) is 1.72. The van der Waals surface area contributed by atoms with Crippen molar-refractivity contribution < 1.29 is 14.3 Å². The van der Waals surface area contributed by atoms with Crippen molar-refractivity contribution in [1.29, 1.82) is 0 Å². The third-order valence-corrected chi connectivity index (χ3v) is 4.46. The molecular weight excluding hydrogens is 310 g/mol. The van der Waals surface area contributed by atoms with Gasteiger partial charge >= 0.3 is 0 Å². The number of amides is 1. The predicted octanol–water partition coefficient (Wildman–Crippen LogP) is 3.45. The maximum Gasteiger partial charge on any atom is 0.254 e. The van der Waals surface area contributed by atoms with Crippen LogP contribution in [0.15, 0.2) is 47.4 Å². The molecule has 5 heteroatoms. The Balaban J connectivity index is 1.71. The van der Waals surface area contributed by atoms with E-state index in [1.54, 1.807) is 34.9 Å². The Hall–Kier alpha value is -2.14. The molecule has 0 aromatic heterocycles. The van der Waals surface area contributed by atoms with Gasteiger partial charge in [-0.1, -0.05) is 12.1 Å². The normalized spacial score (nSPS) is 12.8. The van der Waals surface area contributed by atoms with Crippen LogP contribution in [0.5, 0.6) is 11.5 Å². The van der Waals surface area contributed by atoms with Crippen LogP contribution >= 0.6 is 11.8 Å². The summed E-state index contributed by atoms with van der Waals surface area (Å²) in [6, 6.07) is 13.6. The van der Waals surface area contributed by atoms with Crippen LogP contribution < -0.4 is 9.47 Å². The topological polar surface area (TPSA) is 38.8 Å². The summed E-state index contributed by atoms with van der Waals surface area (Å²) in [4.78, 5) is 15.5. The molecule has 0 N–H and O–H groups in total. The summed E-state index contributed by atoms with van der Waals surface area (Å²) in [6.45, 7) is 1.64. The lowest BCUT2D eigenvalue weighted by Gasteiger charge is -2.21. The highest BCUT2D eigenvalue weighted by Gasteiger charge is 2.17. The molecule has 1 amide bonds. The van der Waals surface area contributed by atoms with Crippen molar-refractivity contribution in [2.24, 2.45) is 0 Å². The number of nitrogens with zero attached hydrogens (tertiary/aromatic N) is 1. The standard InChI is InChI=1S/C18H19NO3S/c1-19(12-13-3-6-15(23-2)7-4-13)18(20)14-5-8-16-17(11-14)22-10-9-21-16/h3-8,11H,9-10,12H2,1-2H3. The minimum atomic E-state index is -0.0316. The first kappa shape index (κ1) is 15.7. The third-order valence-electron chi connectivity index (χ3n) is 3.71. The Morgan fingerprint density at radius 1 is 1.09 bits per heavy atom. The van der Waals surface area contributed by atoms with Gasteiger partial charge < -0.3 is 14.4 Å². The number of ether oxygens (including phenoxy) is 2. The van der Waals surface area contributed by atoms with Gasteiger partial charge in [-0.05, 0) is 42.2 Å². The van der Waals surface area contributed by atoms with Crippen LogP contribution in [0.2, 0.25) is 0 Å². The zero-order chi connectivity index (χ0) is 16.2. The van der Waals surface area contributed by atoms with Gasteiger partial charge in [-0.15, -0.1) is 11.8 Å². The molecule has 4 nitrogen and oxygen atoms in total. The zero-order valence-corrected chi connectivity index (χ0v) is 14.1. The highest BCUT2D eigenvalue weighted by atomic mass is 32.2. The minimum absolute atomic E-state index is 0.0316. The number of carbonyl (C=O) groups excluding carboxylic acids is 1. The van der Waals surface area contributed by atoms with Crippen LogP contribution in [0.1, 0.15) is 15.9 Å². The summed E-state index contributed by atoms with van der Waals surface area (Å²) in [6.07, 6.45) is 2.05. The Kier molecular flexibility index (Phi) is 4.76. The average molecular weight is 329 g/mol. The number of rotatable bonds is 4. The fourth-order valence-electron chi connectivity index (χ4n) is 2.47. The molecule has 0 saturated carbocycles. The van der Waals surface area contributed by atoms with E-state index in [1.165, 1.54) is 4.90 Å². The van der Waals surface area contributed by atoms with Gasteiger partial charge in [0.15, 0.2) is 11.5 Å². The SMILES string of the molecule is CSc1ccc(CN(C)C(=O)c2ccc3c(c2)OCCO3)cc1. The second kappa shape index (κ2) is 6.96. The minimum Gasteiger partial charge on any atom is -0.486 e. The molecule has 120 valence electrons. The number of carbonyl (C=O) groups is 1. The molecule has 0 atom stereocenters. The van der Waals surface area contributed by atoms with E-state index >= 15 is 0 Å². The Morgan fingerprint density at radius 3 is 2.48 bits per heavy atom. The van der Waals surface area contributed by atoms with Crippen molar-refractivity contribution >= 4 is 17.7 Å². The van der Waals surface area contributed by atoms with Crippen LogP contribution in [-0.2, 0) is 6.54 Å². The number of benzene rings is 2. The van der Waals surface area contributed by atoms with Gasteiger partial charge in [0.1, 0.15) is 13.2 Å². The van der Waals surface area contributed by atoms with Crippen LogP contribution in [0, 0.1) is 0 Å². The van der Waals surface area contributed by atoms with Crippen molar-refractivity contribution in [3.05, 3.63) is 53.6 Å². The lowest BCUT2D eigenvalue weighted by molar-refractivity contribution is 0.0784. The van der Waals surface area contributed by atoms with Crippen molar-refractivity contribution in [2.45, 2.75) is 11.4 Å². The van der Waals surface area contributed by atoms with Crippen LogP contribution in [0.4, 0.5) is 0 Å². The van der Waals surface area contributed by atoms with E-state index < -0.39 is 0 Å². The van der Waals surface area contributed by atoms with E-state index in [4.69, 9.17) is 9.47 Å². The summed E-state index contributed by atoms with van der Waals surface area (Å²) >= 11 is 1.71. The summed E-state index contributed by atoms with van der Waals surface area (Å²) in [5.74, 6) is 1.30. The Morgan fingerprint density at radius 2 is 1.78 bits per heavy atom. The Labute approximate surface area is 140 Å². The summed E-state index contributed by atoms with van der Waals surface area (Å²) in [7, 11) is 1.81. The van der Waals surface area contributed by atoms with Crippen molar-refractivity contribution in [1.82, 2.24) is 4.90 Å². The van der Waals surface area contributed by atoms with E-state index in [1.807, 2.05) is 13.3 Å². The average Bonchev–Trinajstić information content (AvgIpc) is 2.61. The molecule has 2 aromatic rings. The van der Waals surface area contributed by atoms with E-state index in [0.717, 1.165) is 5.56 Å². The van der Waals surface area contributed by atoms with Gasteiger partial charge in [0.2, 0.25) is 0 Å². The molecule has 1 aliphatic rings. The van der Waals surface area contributed by atoms with Crippen molar-refractivity contribution in [3.63, 3.8) is 0 Å². The molecule has 23 heavy (non-hydrogen) atoms. The molecule has 0 saturated heterocycles. The second-order valence-corrected chi connectivity index (χ2v) is 6.25. The quantitative estimate of drug-likeness (QED) is 0.805. The van der Waals surface area contributed by atoms with Crippen LogP contribution in [0.3, 0.4) is 0 Å². The van der Waals surface area contributed by atoms with Crippen LogP contribution in [0.25, 0.3) is 0 Å². The van der Waals surface area contributed by atoms with Gasteiger partial charge in [-0.25, -0.2) is 0 Å². The van der Waals surface area contributed by atoms with E-state index in [9.17, 15) is 4.79 Å². The smallest absolute Gasteiger partial charge is 0.254 e. The lowest BCUT2D eigenvalue weighted by atomic mass is 10.1. The molecule has 0 spiro atoms. The number of hydrogen-bond acceptors (Lipinski definition) is 4. The maximum absolute atomic E-state index is 12.6. The molecule has 1 aliphatic heterocycles. The second-order valence-electron chi connectivity index (χ2n) is 5.37. The van der Waals surface area contributed by atoms with E-state index in [0.29, 0.717) is 36.8 Å². The molecule has 0 aliphatic carbocycles. The number of hydrogen-bond donors (Lipinski definition) is 0. The summed E-state index contributed by atoms with van der Waals surface area (Å²) in [5, 5.41) is 0. The fraction of sp³-hybridized carbons (Fsp3) is 0.278. The largest absolute Gasteiger partial charge is 0.486 e. The molecule has 0 fully saturated rings. The van der Waals surface area contributed by atoms with Gasteiger partial charge in [-0.2, -0.15) is 0 Å². The van der Waals surface area contributed by atoms with Crippen molar-refractivity contribution in [2.75, 3.05) is 26.5 Å². The lowest BCUT2D eigenvalue weighted by Crippen LogP contribution is -2.26. The summed E-state index contributed by atoms with van der Waals surface area (Å²) < 4.78 is 11.0. The monoisotopic (exact) mass is 329 g/mol. The number of thioether (sulfide) groups is 1. The highest BCUT2D eigenvalue weighted by Crippen LogP contribution is 2.31. The molecule has 1 heterocycles. The predicted molar refractivity (Wildman–Crippen MR) is 91.5 cm³/mol. The maximum atomic E-state index is 12.6.